The van der Waals surface area contributed by atoms with Gasteiger partial charge in [-0.3, -0.25) is 0 Å². The first-order valence-corrected chi connectivity index (χ1v) is 16.0. The van der Waals surface area contributed by atoms with E-state index in [1.807, 2.05) is 67.7 Å². The molecule has 0 fully saturated rings. The summed E-state index contributed by atoms with van der Waals surface area (Å²) in [7, 11) is 0. The molecule has 0 amide bonds. The fourth-order valence-electron chi connectivity index (χ4n) is 6.58. The molecule has 0 radical (unpaired) electrons. The Labute approximate surface area is 271 Å². The highest BCUT2D eigenvalue weighted by atomic mass is 32.1. The molecule has 1 atom stereocenters. The number of aryl methyl sites for hydroxylation is 1. The van der Waals surface area contributed by atoms with Crippen LogP contribution in [0.1, 0.15) is 46.5 Å². The SMILES string of the molecule is C#C/C=C\C(C)=C/C.C#Cc1ccccc1.Cc1cccc2c1-c1ccccc1C21c2ccccc2-c2c1sc1ccccc21. The van der Waals surface area contributed by atoms with Gasteiger partial charge in [0.05, 0.1) is 5.41 Å². The molecule has 2 aliphatic rings. The largest absolute Gasteiger partial charge is 0.138 e. The normalized spacial score (nSPS) is 15.1. The van der Waals surface area contributed by atoms with Crippen LogP contribution in [-0.2, 0) is 5.41 Å². The van der Waals surface area contributed by atoms with Gasteiger partial charge in [0.15, 0.2) is 0 Å². The van der Waals surface area contributed by atoms with Gasteiger partial charge in [0.1, 0.15) is 0 Å². The van der Waals surface area contributed by atoms with Crippen molar-refractivity contribution in [3.8, 4) is 46.9 Å². The predicted octanol–water partition coefficient (Wildman–Crippen LogP) is 11.4. The number of hydrogen-bond donors (Lipinski definition) is 0. The number of benzene rings is 5. The maximum absolute atomic E-state index is 5.10. The molecule has 8 rings (SSSR count). The van der Waals surface area contributed by atoms with Crippen LogP contribution in [0.5, 0.6) is 0 Å². The lowest BCUT2D eigenvalue weighted by Gasteiger charge is -2.29. The van der Waals surface area contributed by atoms with Gasteiger partial charge in [-0.25, -0.2) is 0 Å². The Kier molecular flexibility index (Phi) is 8.40. The van der Waals surface area contributed by atoms with Crippen molar-refractivity contribution >= 4 is 21.4 Å². The molecule has 0 saturated carbocycles. The summed E-state index contributed by atoms with van der Waals surface area (Å²) in [5.74, 6) is 4.94. The molecule has 5 aromatic carbocycles. The van der Waals surface area contributed by atoms with Crippen LogP contribution in [0.2, 0.25) is 0 Å². The predicted molar refractivity (Wildman–Crippen MR) is 195 cm³/mol. The van der Waals surface area contributed by atoms with E-state index in [4.69, 9.17) is 12.8 Å². The molecule has 0 aliphatic heterocycles. The summed E-state index contributed by atoms with van der Waals surface area (Å²) < 4.78 is 1.38. The van der Waals surface area contributed by atoms with Crippen LogP contribution in [0.25, 0.3) is 32.3 Å². The molecule has 216 valence electrons. The van der Waals surface area contributed by atoms with E-state index in [1.54, 1.807) is 6.08 Å². The summed E-state index contributed by atoms with van der Waals surface area (Å²) in [6, 6.07) is 43.4. The molecular formula is C44H34S. The van der Waals surface area contributed by atoms with Crippen molar-refractivity contribution < 1.29 is 0 Å². The summed E-state index contributed by atoms with van der Waals surface area (Å²) in [4.78, 5) is 1.48. The molecule has 0 bridgehead atoms. The summed E-state index contributed by atoms with van der Waals surface area (Å²) in [6.45, 7) is 6.24. The van der Waals surface area contributed by atoms with Crippen LogP contribution in [0.15, 0.2) is 145 Å². The van der Waals surface area contributed by atoms with E-state index >= 15 is 0 Å². The second-order valence-corrected chi connectivity index (χ2v) is 12.2. The lowest BCUT2D eigenvalue weighted by atomic mass is 9.74. The van der Waals surface area contributed by atoms with Crippen molar-refractivity contribution in [1.82, 2.24) is 0 Å². The van der Waals surface area contributed by atoms with E-state index in [1.165, 1.54) is 65.0 Å². The maximum atomic E-state index is 5.10. The van der Waals surface area contributed by atoms with Crippen LogP contribution in [0.3, 0.4) is 0 Å². The Morgan fingerprint density at radius 2 is 1.29 bits per heavy atom. The highest BCUT2D eigenvalue weighted by molar-refractivity contribution is 7.20. The maximum Gasteiger partial charge on any atom is 0.0819 e. The lowest BCUT2D eigenvalue weighted by molar-refractivity contribution is 0.811. The van der Waals surface area contributed by atoms with Crippen molar-refractivity contribution in [2.45, 2.75) is 26.2 Å². The van der Waals surface area contributed by atoms with Crippen molar-refractivity contribution in [3.63, 3.8) is 0 Å². The van der Waals surface area contributed by atoms with Crippen molar-refractivity contribution in [2.24, 2.45) is 0 Å². The van der Waals surface area contributed by atoms with Crippen LogP contribution in [0.4, 0.5) is 0 Å². The first kappa shape index (κ1) is 29.7. The molecule has 2 aliphatic carbocycles. The highest BCUT2D eigenvalue weighted by Gasteiger charge is 2.53. The summed E-state index contributed by atoms with van der Waals surface area (Å²) in [5.41, 5.74) is 13.2. The van der Waals surface area contributed by atoms with E-state index in [0.29, 0.717) is 0 Å². The first-order valence-electron chi connectivity index (χ1n) is 15.1. The molecule has 1 unspecified atom stereocenters. The fourth-order valence-corrected chi connectivity index (χ4v) is 8.03. The molecule has 6 aromatic rings. The minimum atomic E-state index is -0.201. The average Bonchev–Trinajstić information content (AvgIpc) is 3.72. The molecule has 0 N–H and O–H groups in total. The third kappa shape index (κ3) is 5.03. The van der Waals surface area contributed by atoms with Gasteiger partial charge < -0.3 is 0 Å². The number of terminal acetylenes is 2. The fraction of sp³-hybridized carbons (Fsp3) is 0.0909. The number of rotatable bonds is 1. The van der Waals surface area contributed by atoms with Gasteiger partial charge in [-0.15, -0.1) is 24.2 Å². The minimum Gasteiger partial charge on any atom is -0.138 e. The summed E-state index contributed by atoms with van der Waals surface area (Å²) >= 11 is 1.97. The monoisotopic (exact) mass is 594 g/mol. The zero-order valence-corrected chi connectivity index (χ0v) is 26.7. The third-order valence-electron chi connectivity index (χ3n) is 8.65. The first-order chi connectivity index (χ1) is 22.1. The van der Waals surface area contributed by atoms with Gasteiger partial charge in [0, 0.05) is 26.1 Å². The molecule has 1 aromatic heterocycles. The Morgan fingerprint density at radius 3 is 1.93 bits per heavy atom. The van der Waals surface area contributed by atoms with Crippen molar-refractivity contribution in [1.29, 1.82) is 0 Å². The van der Waals surface area contributed by atoms with Crippen molar-refractivity contribution in [3.05, 3.63) is 178 Å². The molecule has 0 saturated heterocycles. The Balaban J connectivity index is 0.000000185. The van der Waals surface area contributed by atoms with Gasteiger partial charge in [-0.05, 0) is 84.0 Å². The molecule has 45 heavy (non-hydrogen) atoms. The van der Waals surface area contributed by atoms with Gasteiger partial charge in [-0.2, -0.15) is 0 Å². The van der Waals surface area contributed by atoms with E-state index in [-0.39, 0.29) is 5.41 Å². The molecule has 0 nitrogen and oxygen atoms in total. The highest BCUT2D eigenvalue weighted by Crippen LogP contribution is 2.66. The van der Waals surface area contributed by atoms with E-state index in [9.17, 15) is 0 Å². The van der Waals surface area contributed by atoms with E-state index in [0.717, 1.165) is 5.56 Å². The smallest absolute Gasteiger partial charge is 0.0819 e. The summed E-state index contributed by atoms with van der Waals surface area (Å²) in [5, 5.41) is 1.38. The number of allylic oxidation sites excluding steroid dienone is 4. The lowest BCUT2D eigenvalue weighted by Crippen LogP contribution is -2.24. The Bertz CT molecular complexity index is 2160. The van der Waals surface area contributed by atoms with Crippen LogP contribution >= 0.6 is 11.3 Å². The third-order valence-corrected chi connectivity index (χ3v) is 9.94. The molecule has 1 heterocycles. The van der Waals surface area contributed by atoms with Gasteiger partial charge in [-0.1, -0.05) is 133 Å². The van der Waals surface area contributed by atoms with Gasteiger partial charge >= 0.3 is 0 Å². The molecule has 1 heteroatoms. The quantitative estimate of drug-likeness (QED) is 0.131. The van der Waals surface area contributed by atoms with E-state index < -0.39 is 0 Å². The molecule has 1 spiro atoms. The average molecular weight is 595 g/mol. The minimum absolute atomic E-state index is 0.201. The van der Waals surface area contributed by atoms with Crippen LogP contribution in [0, 0.1) is 31.6 Å². The standard InChI is InChI=1S/C28H18S.C8H6.C8H10/c1-17-9-8-15-23-25(17)18-10-2-5-13-21(18)28(23)22-14-6-3-11-19(22)26-20-12-4-7-16-24(20)29-27(26)28;1-2-8-6-4-3-5-7-8;1-4-6-7-8(3)5-2/h2-16H,1H3;1,3-7H;1,5-7H,2-3H3/b;;7-6-,8-5-. The zero-order chi connectivity index (χ0) is 31.4. The second-order valence-electron chi connectivity index (χ2n) is 11.2. The Hall–Kier alpha value is -5.34. The van der Waals surface area contributed by atoms with Crippen molar-refractivity contribution in [2.75, 3.05) is 0 Å². The zero-order valence-electron chi connectivity index (χ0n) is 25.8. The number of thiophene rings is 1. The van der Waals surface area contributed by atoms with E-state index in [2.05, 4.69) is 110 Å². The molecular weight excluding hydrogens is 561 g/mol. The topological polar surface area (TPSA) is 0 Å². The van der Waals surface area contributed by atoms with Gasteiger partial charge in [0.25, 0.3) is 0 Å². The van der Waals surface area contributed by atoms with Crippen LogP contribution < -0.4 is 0 Å². The van der Waals surface area contributed by atoms with Gasteiger partial charge in [0.2, 0.25) is 0 Å². The number of fused-ring (bicyclic) bond motifs is 12. The summed E-state index contributed by atoms with van der Waals surface area (Å²) in [6.07, 6.45) is 15.7. The number of hydrogen-bond acceptors (Lipinski definition) is 1. The Morgan fingerprint density at radius 1 is 0.689 bits per heavy atom. The van der Waals surface area contributed by atoms with Crippen LogP contribution in [-0.4, -0.2) is 0 Å². The second kappa shape index (κ2) is 12.7.